The van der Waals surface area contributed by atoms with E-state index in [2.05, 4.69) is 30.1 Å². The molecule has 1 aliphatic rings. The van der Waals surface area contributed by atoms with Crippen molar-refractivity contribution in [3.8, 4) is 0 Å². The van der Waals surface area contributed by atoms with Crippen LogP contribution in [0.2, 0.25) is 0 Å². The van der Waals surface area contributed by atoms with Gasteiger partial charge in [0.15, 0.2) is 0 Å². The average Bonchev–Trinajstić information content (AvgIpc) is 2.40. The lowest BCUT2D eigenvalue weighted by atomic mass is 10.2. The summed E-state index contributed by atoms with van der Waals surface area (Å²) in [5.74, 6) is 0. The normalized spacial score (nSPS) is 15.5. The van der Waals surface area contributed by atoms with Gasteiger partial charge in [0.05, 0.1) is 15.4 Å². The minimum absolute atomic E-state index is 1.03. The second-order valence-electron chi connectivity index (χ2n) is 2.64. The van der Waals surface area contributed by atoms with E-state index in [9.17, 15) is 0 Å². The van der Waals surface area contributed by atoms with Crippen molar-refractivity contribution in [2.24, 2.45) is 0 Å². The van der Waals surface area contributed by atoms with E-state index in [1.165, 1.54) is 15.5 Å². The van der Waals surface area contributed by atoms with Gasteiger partial charge in [-0.3, -0.25) is 0 Å². The number of aromatic nitrogens is 1. The third-order valence-corrected chi connectivity index (χ3v) is 2.60. The Bertz CT molecular complexity index is 397. The van der Waals surface area contributed by atoms with Crippen molar-refractivity contribution in [2.75, 3.05) is 0 Å². The Morgan fingerprint density at radius 3 is 3.36 bits per heavy atom. The number of hydrogen-bond acceptors (Lipinski definition) is 2. The maximum Gasteiger partial charge on any atom is 0.0805 e. The highest BCUT2D eigenvalue weighted by molar-refractivity contribution is 7.07. The van der Waals surface area contributed by atoms with Gasteiger partial charge in [-0.2, -0.15) is 0 Å². The van der Waals surface area contributed by atoms with Crippen molar-refractivity contribution in [1.82, 2.24) is 4.98 Å². The molecule has 0 unspecified atom stereocenters. The first-order chi connectivity index (χ1) is 5.38. The molecular formula is C9H9NS. The van der Waals surface area contributed by atoms with Crippen LogP contribution >= 0.6 is 11.3 Å². The van der Waals surface area contributed by atoms with Gasteiger partial charge in [0, 0.05) is 0 Å². The van der Waals surface area contributed by atoms with Gasteiger partial charge in [0.1, 0.15) is 0 Å². The Labute approximate surface area is 69.4 Å². The highest BCUT2D eigenvalue weighted by atomic mass is 32.1. The Balaban J connectivity index is 2.87. The molecule has 0 N–H and O–H groups in total. The van der Waals surface area contributed by atoms with Crippen molar-refractivity contribution < 1.29 is 0 Å². The van der Waals surface area contributed by atoms with E-state index >= 15 is 0 Å². The molecule has 0 atom stereocenters. The van der Waals surface area contributed by atoms with Crippen molar-refractivity contribution >= 4 is 23.0 Å². The van der Waals surface area contributed by atoms with E-state index in [1.54, 1.807) is 11.3 Å². The lowest BCUT2D eigenvalue weighted by molar-refractivity contribution is 1.24. The molecule has 0 saturated heterocycles. The Morgan fingerprint density at radius 1 is 1.55 bits per heavy atom. The predicted octanol–water partition coefficient (Wildman–Crippen LogP) is 1.05. The monoisotopic (exact) mass is 163 g/mol. The molecule has 0 spiro atoms. The molecule has 0 bridgehead atoms. The van der Waals surface area contributed by atoms with Gasteiger partial charge in [-0.25, -0.2) is 4.98 Å². The van der Waals surface area contributed by atoms with Crippen LogP contribution in [0.15, 0.2) is 17.7 Å². The summed E-state index contributed by atoms with van der Waals surface area (Å²) < 4.78 is 1.29. The summed E-state index contributed by atoms with van der Waals surface area (Å²) in [4.78, 5) is 4.31. The summed E-state index contributed by atoms with van der Waals surface area (Å²) in [6.45, 7) is 2.14. The van der Waals surface area contributed by atoms with E-state index in [-0.39, 0.29) is 0 Å². The SMILES string of the molecule is CC1=c2ncsc2=CC=CC1. The fourth-order valence-electron chi connectivity index (χ4n) is 1.19. The van der Waals surface area contributed by atoms with Crippen LogP contribution in [0.4, 0.5) is 0 Å². The Hall–Kier alpha value is -0.890. The molecule has 0 amide bonds. The van der Waals surface area contributed by atoms with E-state index in [0.29, 0.717) is 0 Å². The molecule has 0 saturated carbocycles. The van der Waals surface area contributed by atoms with Gasteiger partial charge in [0.25, 0.3) is 0 Å². The molecule has 2 heteroatoms. The molecule has 56 valence electrons. The van der Waals surface area contributed by atoms with Crippen LogP contribution in [0.5, 0.6) is 0 Å². The fraction of sp³-hybridized carbons (Fsp3) is 0.222. The number of allylic oxidation sites excluding steroid dienone is 2. The van der Waals surface area contributed by atoms with Gasteiger partial charge < -0.3 is 0 Å². The number of hydrogen-bond donors (Lipinski definition) is 0. The minimum atomic E-state index is 1.03. The zero-order valence-electron chi connectivity index (χ0n) is 6.37. The van der Waals surface area contributed by atoms with Crippen molar-refractivity contribution in [1.29, 1.82) is 0 Å². The van der Waals surface area contributed by atoms with E-state index in [4.69, 9.17) is 0 Å². The summed E-state index contributed by atoms with van der Waals surface area (Å²) >= 11 is 1.70. The van der Waals surface area contributed by atoms with Crippen LogP contribution in [0, 0.1) is 0 Å². The number of fused-ring (bicyclic) bond motifs is 1. The van der Waals surface area contributed by atoms with E-state index in [1.807, 2.05) is 5.51 Å². The summed E-state index contributed by atoms with van der Waals surface area (Å²) in [6.07, 6.45) is 7.44. The molecule has 1 aromatic heterocycles. The highest BCUT2D eigenvalue weighted by Crippen LogP contribution is 2.00. The molecule has 1 aromatic rings. The van der Waals surface area contributed by atoms with Crippen LogP contribution in [-0.2, 0) is 0 Å². The fourth-order valence-corrected chi connectivity index (χ4v) is 1.96. The summed E-state index contributed by atoms with van der Waals surface area (Å²) in [6, 6.07) is 0. The van der Waals surface area contributed by atoms with Gasteiger partial charge in [-0.05, 0) is 25.0 Å². The zero-order chi connectivity index (χ0) is 7.68. The molecule has 11 heavy (non-hydrogen) atoms. The molecule has 0 aromatic carbocycles. The lowest BCUT2D eigenvalue weighted by Crippen LogP contribution is -2.22. The number of nitrogens with zero attached hydrogens (tertiary/aromatic N) is 1. The van der Waals surface area contributed by atoms with Gasteiger partial charge in [-0.1, -0.05) is 12.2 Å². The molecule has 0 aliphatic heterocycles. The largest absolute Gasteiger partial charge is 0.245 e. The smallest absolute Gasteiger partial charge is 0.0805 e. The van der Waals surface area contributed by atoms with Crippen molar-refractivity contribution in [3.05, 3.63) is 27.5 Å². The minimum Gasteiger partial charge on any atom is -0.245 e. The quantitative estimate of drug-likeness (QED) is 0.557. The van der Waals surface area contributed by atoms with Crippen LogP contribution in [0.3, 0.4) is 0 Å². The predicted molar refractivity (Wildman–Crippen MR) is 48.7 cm³/mol. The zero-order valence-corrected chi connectivity index (χ0v) is 7.19. The van der Waals surface area contributed by atoms with E-state index in [0.717, 1.165) is 6.42 Å². The van der Waals surface area contributed by atoms with Gasteiger partial charge in [-0.15, -0.1) is 11.3 Å². The van der Waals surface area contributed by atoms with E-state index < -0.39 is 0 Å². The first-order valence-corrected chi connectivity index (χ1v) is 4.52. The van der Waals surface area contributed by atoms with Crippen LogP contribution in [0.25, 0.3) is 11.6 Å². The molecule has 1 aliphatic carbocycles. The summed E-state index contributed by atoms with van der Waals surface area (Å²) in [5.41, 5.74) is 3.27. The van der Waals surface area contributed by atoms with Crippen LogP contribution in [-0.4, -0.2) is 4.98 Å². The molecular weight excluding hydrogens is 154 g/mol. The summed E-state index contributed by atoms with van der Waals surface area (Å²) in [5, 5.41) is 1.18. The first kappa shape index (κ1) is 6.80. The topological polar surface area (TPSA) is 12.9 Å². The highest BCUT2D eigenvalue weighted by Gasteiger charge is 1.95. The van der Waals surface area contributed by atoms with Crippen LogP contribution in [0.1, 0.15) is 13.3 Å². The maximum atomic E-state index is 4.31. The van der Waals surface area contributed by atoms with Crippen molar-refractivity contribution in [3.63, 3.8) is 0 Å². The van der Waals surface area contributed by atoms with Crippen molar-refractivity contribution in [2.45, 2.75) is 13.3 Å². The molecule has 0 radical (unpaired) electrons. The first-order valence-electron chi connectivity index (χ1n) is 3.64. The second-order valence-corrected chi connectivity index (χ2v) is 3.53. The molecule has 0 fully saturated rings. The average molecular weight is 163 g/mol. The maximum absolute atomic E-state index is 4.31. The number of rotatable bonds is 0. The third kappa shape index (κ3) is 1.14. The second kappa shape index (κ2) is 2.62. The Kier molecular flexibility index (Phi) is 1.62. The van der Waals surface area contributed by atoms with Gasteiger partial charge in [0.2, 0.25) is 0 Å². The van der Waals surface area contributed by atoms with Crippen LogP contribution < -0.4 is 9.88 Å². The molecule has 1 heterocycles. The molecule has 1 nitrogen and oxygen atoms in total. The standard InChI is InChI=1S/C9H9NS/c1-7-4-2-3-5-8-9(7)10-6-11-8/h2-3,5-6H,4H2,1H3. The molecule has 2 rings (SSSR count). The van der Waals surface area contributed by atoms with Gasteiger partial charge >= 0.3 is 0 Å². The summed E-state index contributed by atoms with van der Waals surface area (Å²) in [7, 11) is 0. The third-order valence-electron chi connectivity index (χ3n) is 1.81. The lowest BCUT2D eigenvalue weighted by Gasteiger charge is -1.88. The Morgan fingerprint density at radius 2 is 2.45 bits per heavy atom. The number of thiazole rings is 1.